The summed E-state index contributed by atoms with van der Waals surface area (Å²) < 4.78 is 6.66. The molecule has 0 bridgehead atoms. The number of rotatable bonds is 3. The van der Waals surface area contributed by atoms with E-state index < -0.39 is 0 Å². The Morgan fingerprint density at radius 1 is 1.48 bits per heavy atom. The lowest BCUT2D eigenvalue weighted by molar-refractivity contribution is 0.0528. The highest BCUT2D eigenvalue weighted by Crippen LogP contribution is 2.27. The average Bonchev–Trinajstić information content (AvgIpc) is 3.01. The summed E-state index contributed by atoms with van der Waals surface area (Å²) in [6.07, 6.45) is 4.52. The molecule has 1 aliphatic heterocycles. The zero-order chi connectivity index (χ0) is 15.0. The lowest BCUT2D eigenvalue weighted by Gasteiger charge is -2.22. The van der Waals surface area contributed by atoms with Gasteiger partial charge in [0.15, 0.2) is 5.65 Å². The van der Waals surface area contributed by atoms with Gasteiger partial charge >= 0.3 is 5.97 Å². The number of carbonyl (C=O) groups excluding carboxylic acids is 1. The van der Waals surface area contributed by atoms with Gasteiger partial charge in [-0.25, -0.2) is 14.3 Å². The maximum Gasteiger partial charge on any atom is 0.343 e. The third-order valence-electron chi connectivity index (χ3n) is 3.93. The lowest BCUT2D eigenvalue weighted by atomic mass is 10.1. The second-order valence-electron chi connectivity index (χ2n) is 5.67. The van der Waals surface area contributed by atoms with Gasteiger partial charge in [-0.15, -0.1) is 0 Å². The Morgan fingerprint density at radius 2 is 2.29 bits per heavy atom. The van der Waals surface area contributed by atoms with Crippen LogP contribution in [0.1, 0.15) is 37.6 Å². The van der Waals surface area contributed by atoms with Crippen molar-refractivity contribution in [2.45, 2.75) is 33.2 Å². The van der Waals surface area contributed by atoms with Gasteiger partial charge in [-0.2, -0.15) is 5.10 Å². The quantitative estimate of drug-likeness (QED) is 0.810. The summed E-state index contributed by atoms with van der Waals surface area (Å²) in [5.74, 6) is 1.18. The number of anilines is 1. The molecular formula is C15H20N4O2. The first-order chi connectivity index (χ1) is 10.1. The Morgan fingerprint density at radius 3 is 2.95 bits per heavy atom. The Hall–Kier alpha value is -2.11. The van der Waals surface area contributed by atoms with Crippen LogP contribution in [0.2, 0.25) is 0 Å². The molecule has 1 aliphatic rings. The van der Waals surface area contributed by atoms with Crippen molar-refractivity contribution in [1.29, 1.82) is 0 Å². The fraction of sp³-hybridized carbons (Fsp3) is 0.533. The topological polar surface area (TPSA) is 59.7 Å². The molecule has 112 valence electrons. The standard InChI is InChI=1S/C15H20N4O2/c1-4-21-15(20)12-8-16-19-6-5-13(17-14(12)19)18-9-10(2)7-11(18)3/h5-6,8,10-11H,4,7,9H2,1-3H3. The van der Waals surface area contributed by atoms with Crippen LogP contribution in [0.15, 0.2) is 18.5 Å². The molecule has 0 aliphatic carbocycles. The first kappa shape index (κ1) is 13.9. The molecule has 0 spiro atoms. The van der Waals surface area contributed by atoms with E-state index in [1.165, 1.54) is 6.20 Å². The molecule has 2 aromatic heterocycles. The van der Waals surface area contributed by atoms with E-state index in [0.717, 1.165) is 18.8 Å². The molecule has 0 amide bonds. The van der Waals surface area contributed by atoms with Crippen LogP contribution in [0.3, 0.4) is 0 Å². The van der Waals surface area contributed by atoms with E-state index in [-0.39, 0.29) is 5.97 Å². The van der Waals surface area contributed by atoms with Crippen LogP contribution in [0.25, 0.3) is 5.65 Å². The monoisotopic (exact) mass is 288 g/mol. The number of ether oxygens (including phenoxy) is 1. The summed E-state index contributed by atoms with van der Waals surface area (Å²) in [5.41, 5.74) is 0.969. The minimum atomic E-state index is -0.375. The predicted octanol–water partition coefficient (Wildman–Crippen LogP) is 2.14. The minimum Gasteiger partial charge on any atom is -0.462 e. The molecule has 0 N–H and O–H groups in total. The maximum atomic E-state index is 11.9. The van der Waals surface area contributed by atoms with Crippen LogP contribution < -0.4 is 4.90 Å². The minimum absolute atomic E-state index is 0.344. The Bertz CT molecular complexity index is 667. The number of hydrogen-bond donors (Lipinski definition) is 0. The van der Waals surface area contributed by atoms with Crippen molar-refractivity contribution in [2.24, 2.45) is 5.92 Å². The molecule has 1 fully saturated rings. The average molecular weight is 288 g/mol. The molecule has 3 rings (SSSR count). The van der Waals surface area contributed by atoms with Crippen LogP contribution in [0.4, 0.5) is 5.82 Å². The van der Waals surface area contributed by atoms with E-state index in [1.54, 1.807) is 11.4 Å². The predicted molar refractivity (Wildman–Crippen MR) is 79.5 cm³/mol. The number of aromatic nitrogens is 3. The van der Waals surface area contributed by atoms with Crippen molar-refractivity contribution in [3.63, 3.8) is 0 Å². The second-order valence-corrected chi connectivity index (χ2v) is 5.67. The first-order valence-electron chi connectivity index (χ1n) is 7.38. The largest absolute Gasteiger partial charge is 0.462 e. The van der Waals surface area contributed by atoms with Gasteiger partial charge in [0.1, 0.15) is 11.4 Å². The van der Waals surface area contributed by atoms with Crippen molar-refractivity contribution in [1.82, 2.24) is 14.6 Å². The zero-order valence-corrected chi connectivity index (χ0v) is 12.6. The number of esters is 1. The van der Waals surface area contributed by atoms with Crippen LogP contribution in [0.5, 0.6) is 0 Å². The van der Waals surface area contributed by atoms with E-state index in [2.05, 4.69) is 28.8 Å². The van der Waals surface area contributed by atoms with E-state index in [9.17, 15) is 4.79 Å². The van der Waals surface area contributed by atoms with Crippen molar-refractivity contribution in [2.75, 3.05) is 18.1 Å². The molecule has 0 radical (unpaired) electrons. The third kappa shape index (κ3) is 2.46. The van der Waals surface area contributed by atoms with Gasteiger partial charge < -0.3 is 9.64 Å². The molecular weight excluding hydrogens is 268 g/mol. The highest BCUT2D eigenvalue weighted by atomic mass is 16.5. The molecule has 6 heteroatoms. The van der Waals surface area contributed by atoms with Crippen molar-refractivity contribution in [3.05, 3.63) is 24.0 Å². The molecule has 1 saturated heterocycles. The third-order valence-corrected chi connectivity index (χ3v) is 3.93. The van der Waals surface area contributed by atoms with Gasteiger partial charge in [-0.05, 0) is 32.3 Å². The van der Waals surface area contributed by atoms with Gasteiger partial charge in [0.2, 0.25) is 0 Å². The molecule has 0 saturated carbocycles. The van der Waals surface area contributed by atoms with E-state index in [0.29, 0.717) is 29.8 Å². The van der Waals surface area contributed by atoms with Crippen molar-refractivity contribution in [3.8, 4) is 0 Å². The fourth-order valence-corrected chi connectivity index (χ4v) is 2.99. The number of nitrogens with zero attached hydrogens (tertiary/aromatic N) is 4. The highest BCUT2D eigenvalue weighted by Gasteiger charge is 2.27. The fourth-order valence-electron chi connectivity index (χ4n) is 2.99. The Kier molecular flexibility index (Phi) is 3.53. The number of hydrogen-bond acceptors (Lipinski definition) is 5. The van der Waals surface area contributed by atoms with Gasteiger partial charge in [-0.1, -0.05) is 6.92 Å². The summed E-state index contributed by atoms with van der Waals surface area (Å²) in [6.45, 7) is 7.58. The molecule has 2 atom stereocenters. The summed E-state index contributed by atoms with van der Waals surface area (Å²) in [4.78, 5) is 18.9. The SMILES string of the molecule is CCOC(=O)c1cnn2ccc(N3CC(C)CC3C)nc12. The second kappa shape index (κ2) is 5.35. The van der Waals surface area contributed by atoms with Crippen LogP contribution in [-0.4, -0.2) is 39.8 Å². The molecule has 6 nitrogen and oxygen atoms in total. The number of carbonyl (C=O) groups is 1. The van der Waals surface area contributed by atoms with Crippen LogP contribution >= 0.6 is 0 Å². The first-order valence-corrected chi connectivity index (χ1v) is 7.38. The lowest BCUT2D eigenvalue weighted by Crippen LogP contribution is -2.27. The molecule has 0 aromatic carbocycles. The summed E-state index contributed by atoms with van der Waals surface area (Å²) >= 11 is 0. The molecule has 3 heterocycles. The smallest absolute Gasteiger partial charge is 0.343 e. The van der Waals surface area contributed by atoms with E-state index in [4.69, 9.17) is 4.74 Å². The molecule has 2 aromatic rings. The maximum absolute atomic E-state index is 11.9. The van der Waals surface area contributed by atoms with E-state index in [1.807, 2.05) is 12.3 Å². The number of fused-ring (bicyclic) bond motifs is 1. The van der Waals surface area contributed by atoms with Crippen molar-refractivity contribution >= 4 is 17.4 Å². The molecule has 2 unspecified atom stereocenters. The summed E-state index contributed by atoms with van der Waals surface area (Å²) in [7, 11) is 0. The normalized spacial score (nSPS) is 22.0. The van der Waals surface area contributed by atoms with Gasteiger partial charge in [0.25, 0.3) is 0 Å². The summed E-state index contributed by atoms with van der Waals surface area (Å²) in [6, 6.07) is 2.41. The van der Waals surface area contributed by atoms with Crippen molar-refractivity contribution < 1.29 is 9.53 Å². The van der Waals surface area contributed by atoms with Gasteiger partial charge in [0.05, 0.1) is 12.8 Å². The zero-order valence-electron chi connectivity index (χ0n) is 12.6. The Labute approximate surface area is 123 Å². The van der Waals surface area contributed by atoms with Gasteiger partial charge in [0, 0.05) is 18.8 Å². The van der Waals surface area contributed by atoms with E-state index >= 15 is 0 Å². The van der Waals surface area contributed by atoms with Gasteiger partial charge in [-0.3, -0.25) is 0 Å². The van der Waals surface area contributed by atoms with Crippen LogP contribution in [-0.2, 0) is 4.74 Å². The Balaban J connectivity index is 1.99. The highest BCUT2D eigenvalue weighted by molar-refractivity contribution is 5.95. The summed E-state index contributed by atoms with van der Waals surface area (Å²) in [5, 5.41) is 4.16. The molecule has 21 heavy (non-hydrogen) atoms. The van der Waals surface area contributed by atoms with Crippen LogP contribution in [0, 0.1) is 5.92 Å².